The van der Waals surface area contributed by atoms with Crippen LogP contribution in [0.15, 0.2) is 0 Å². The second-order valence-corrected chi connectivity index (χ2v) is 6.67. The average molecular weight is 210 g/mol. The van der Waals surface area contributed by atoms with Crippen molar-refractivity contribution in [1.82, 2.24) is 0 Å². The zero-order valence-electron chi connectivity index (χ0n) is 11.5. The highest BCUT2D eigenvalue weighted by Gasteiger charge is 2.46. The van der Waals surface area contributed by atoms with Crippen molar-refractivity contribution in [3.8, 4) is 0 Å². The van der Waals surface area contributed by atoms with Gasteiger partial charge in [-0.25, -0.2) is 0 Å². The van der Waals surface area contributed by atoms with Crippen molar-refractivity contribution in [2.75, 3.05) is 0 Å². The molecule has 0 spiro atoms. The van der Waals surface area contributed by atoms with Crippen LogP contribution in [0.5, 0.6) is 0 Å². The SMILES string of the molecule is CCCCC(C)(C)C1CC1CCC(C)C. The molecule has 2 atom stereocenters. The molecule has 0 bridgehead atoms. The Morgan fingerprint density at radius 2 is 1.93 bits per heavy atom. The second-order valence-electron chi connectivity index (χ2n) is 6.67. The molecule has 2 unspecified atom stereocenters. The standard InChI is InChI=1S/C15H30/c1-6-7-10-15(4,5)14-11-13(14)9-8-12(2)3/h12-14H,6-11H2,1-5H3. The Morgan fingerprint density at radius 1 is 1.27 bits per heavy atom. The van der Waals surface area contributed by atoms with E-state index in [1.54, 1.807) is 0 Å². The van der Waals surface area contributed by atoms with E-state index in [0.29, 0.717) is 5.41 Å². The fourth-order valence-corrected chi connectivity index (χ4v) is 2.89. The first-order chi connectivity index (χ1) is 6.97. The van der Waals surface area contributed by atoms with E-state index in [1.807, 2.05) is 0 Å². The molecule has 0 amide bonds. The Bertz CT molecular complexity index is 178. The van der Waals surface area contributed by atoms with Crippen LogP contribution in [0, 0.1) is 23.2 Å². The summed E-state index contributed by atoms with van der Waals surface area (Å²) in [5, 5.41) is 0. The maximum absolute atomic E-state index is 2.49. The van der Waals surface area contributed by atoms with Gasteiger partial charge in [0.25, 0.3) is 0 Å². The van der Waals surface area contributed by atoms with Crippen molar-refractivity contribution in [3.63, 3.8) is 0 Å². The molecule has 1 aliphatic carbocycles. The van der Waals surface area contributed by atoms with Crippen LogP contribution < -0.4 is 0 Å². The summed E-state index contributed by atoms with van der Waals surface area (Å²) in [5.74, 6) is 3.01. The maximum atomic E-state index is 2.49. The first kappa shape index (κ1) is 13.1. The topological polar surface area (TPSA) is 0 Å². The summed E-state index contributed by atoms with van der Waals surface area (Å²) in [7, 11) is 0. The fraction of sp³-hybridized carbons (Fsp3) is 1.00. The Kier molecular flexibility index (Phi) is 4.67. The van der Waals surface area contributed by atoms with Crippen LogP contribution in [-0.4, -0.2) is 0 Å². The molecule has 1 rings (SSSR count). The second kappa shape index (κ2) is 5.37. The first-order valence-electron chi connectivity index (χ1n) is 6.97. The van der Waals surface area contributed by atoms with E-state index in [0.717, 1.165) is 17.8 Å². The highest BCUT2D eigenvalue weighted by atomic mass is 14.5. The smallest absolute Gasteiger partial charge is 0.0323 e. The maximum Gasteiger partial charge on any atom is -0.0323 e. The lowest BCUT2D eigenvalue weighted by Crippen LogP contribution is -2.15. The number of rotatable bonds is 7. The molecular weight excluding hydrogens is 180 g/mol. The molecule has 15 heavy (non-hydrogen) atoms. The van der Waals surface area contributed by atoms with Crippen molar-refractivity contribution in [2.45, 2.75) is 73.1 Å². The minimum Gasteiger partial charge on any atom is -0.0654 e. The summed E-state index contributed by atoms with van der Waals surface area (Å²) < 4.78 is 0. The molecule has 0 nitrogen and oxygen atoms in total. The molecular formula is C15H30. The predicted molar refractivity (Wildman–Crippen MR) is 69.0 cm³/mol. The summed E-state index contributed by atoms with van der Waals surface area (Å²) >= 11 is 0. The Morgan fingerprint density at radius 3 is 2.47 bits per heavy atom. The normalized spacial score (nSPS) is 26.0. The summed E-state index contributed by atoms with van der Waals surface area (Å²) in [6.45, 7) is 12.0. The molecule has 0 aromatic heterocycles. The molecule has 1 saturated carbocycles. The van der Waals surface area contributed by atoms with Crippen LogP contribution in [0.4, 0.5) is 0 Å². The van der Waals surface area contributed by atoms with Gasteiger partial charge in [0.15, 0.2) is 0 Å². The van der Waals surface area contributed by atoms with Gasteiger partial charge in [0.1, 0.15) is 0 Å². The van der Waals surface area contributed by atoms with Crippen LogP contribution >= 0.6 is 0 Å². The summed E-state index contributed by atoms with van der Waals surface area (Å²) in [6, 6.07) is 0. The van der Waals surface area contributed by atoms with E-state index < -0.39 is 0 Å². The van der Waals surface area contributed by atoms with Gasteiger partial charge >= 0.3 is 0 Å². The molecule has 0 heterocycles. The Hall–Kier alpha value is 0. The fourth-order valence-electron chi connectivity index (χ4n) is 2.89. The van der Waals surface area contributed by atoms with Gasteiger partial charge in [-0.1, -0.05) is 53.9 Å². The molecule has 0 N–H and O–H groups in total. The molecule has 0 saturated heterocycles. The minimum atomic E-state index is 0.623. The third-order valence-electron chi connectivity index (χ3n) is 4.22. The quantitative estimate of drug-likeness (QED) is 0.536. The third-order valence-corrected chi connectivity index (χ3v) is 4.22. The van der Waals surface area contributed by atoms with Gasteiger partial charge in [0, 0.05) is 0 Å². The van der Waals surface area contributed by atoms with Crippen LogP contribution in [-0.2, 0) is 0 Å². The van der Waals surface area contributed by atoms with Crippen LogP contribution in [0.3, 0.4) is 0 Å². The predicted octanol–water partition coefficient (Wildman–Crippen LogP) is 5.28. The average Bonchev–Trinajstić information content (AvgIpc) is 2.91. The molecule has 1 aliphatic rings. The number of hydrogen-bond donors (Lipinski definition) is 0. The zero-order chi connectivity index (χ0) is 11.5. The van der Waals surface area contributed by atoms with Crippen molar-refractivity contribution in [3.05, 3.63) is 0 Å². The highest BCUT2D eigenvalue weighted by molar-refractivity contribution is 4.95. The molecule has 0 heteroatoms. The van der Waals surface area contributed by atoms with Crippen molar-refractivity contribution in [2.24, 2.45) is 23.2 Å². The number of unbranched alkanes of at least 4 members (excludes halogenated alkanes) is 1. The van der Waals surface area contributed by atoms with Crippen molar-refractivity contribution in [1.29, 1.82) is 0 Å². The van der Waals surface area contributed by atoms with Gasteiger partial charge in [0.2, 0.25) is 0 Å². The molecule has 0 aromatic rings. The highest BCUT2D eigenvalue weighted by Crippen LogP contribution is 2.55. The number of hydrogen-bond acceptors (Lipinski definition) is 0. The third kappa shape index (κ3) is 4.17. The van der Waals surface area contributed by atoms with Gasteiger partial charge < -0.3 is 0 Å². The van der Waals surface area contributed by atoms with E-state index in [4.69, 9.17) is 0 Å². The minimum absolute atomic E-state index is 0.623. The van der Waals surface area contributed by atoms with E-state index in [9.17, 15) is 0 Å². The van der Waals surface area contributed by atoms with Gasteiger partial charge in [-0.2, -0.15) is 0 Å². The van der Waals surface area contributed by atoms with E-state index >= 15 is 0 Å². The van der Waals surface area contributed by atoms with Gasteiger partial charge in [-0.3, -0.25) is 0 Å². The monoisotopic (exact) mass is 210 g/mol. The summed E-state index contributed by atoms with van der Waals surface area (Å²) in [6.07, 6.45) is 8.64. The van der Waals surface area contributed by atoms with E-state index in [1.165, 1.54) is 38.5 Å². The van der Waals surface area contributed by atoms with Gasteiger partial charge in [-0.15, -0.1) is 0 Å². The Balaban J connectivity index is 2.23. The molecule has 0 radical (unpaired) electrons. The van der Waals surface area contributed by atoms with Gasteiger partial charge in [-0.05, 0) is 42.4 Å². The van der Waals surface area contributed by atoms with Crippen LogP contribution in [0.1, 0.15) is 73.1 Å². The lowest BCUT2D eigenvalue weighted by atomic mass is 9.80. The molecule has 90 valence electrons. The lowest BCUT2D eigenvalue weighted by Gasteiger charge is -2.25. The van der Waals surface area contributed by atoms with Crippen molar-refractivity contribution >= 4 is 0 Å². The van der Waals surface area contributed by atoms with Gasteiger partial charge in [0.05, 0.1) is 0 Å². The lowest BCUT2D eigenvalue weighted by molar-refractivity contribution is 0.255. The zero-order valence-corrected chi connectivity index (χ0v) is 11.5. The molecule has 0 aliphatic heterocycles. The molecule has 1 fully saturated rings. The van der Waals surface area contributed by atoms with Crippen LogP contribution in [0.2, 0.25) is 0 Å². The molecule has 0 aromatic carbocycles. The summed E-state index contributed by atoms with van der Waals surface area (Å²) in [5.41, 5.74) is 0.623. The first-order valence-corrected chi connectivity index (χ1v) is 6.97. The van der Waals surface area contributed by atoms with E-state index in [-0.39, 0.29) is 0 Å². The largest absolute Gasteiger partial charge is 0.0654 e. The summed E-state index contributed by atoms with van der Waals surface area (Å²) in [4.78, 5) is 0. The Labute approximate surface area is 96.8 Å². The van der Waals surface area contributed by atoms with Crippen LogP contribution in [0.25, 0.3) is 0 Å². The van der Waals surface area contributed by atoms with E-state index in [2.05, 4.69) is 34.6 Å². The van der Waals surface area contributed by atoms with Crippen molar-refractivity contribution < 1.29 is 0 Å².